The number of benzene rings is 3. The Morgan fingerprint density at radius 1 is 1.06 bits per heavy atom. The predicted octanol–water partition coefficient (Wildman–Crippen LogP) is 2.82. The molecule has 2 unspecified atom stereocenters. The van der Waals surface area contributed by atoms with Crippen molar-refractivity contribution < 1.29 is 23.1 Å². The van der Waals surface area contributed by atoms with Crippen LogP contribution < -0.4 is 9.03 Å². The minimum atomic E-state index is -3.91. The lowest BCUT2D eigenvalue weighted by atomic mass is 9.85. The number of nitrogens with zero attached hydrogens (tertiary/aromatic N) is 1. The lowest BCUT2D eigenvalue weighted by Crippen LogP contribution is -2.30. The van der Waals surface area contributed by atoms with Gasteiger partial charge in [0.25, 0.3) is 0 Å². The average molecular weight is 451 g/mol. The molecule has 0 amide bonds. The number of carbonyl (C=O) groups excluding carboxylic acids is 2. The summed E-state index contributed by atoms with van der Waals surface area (Å²) in [6.45, 7) is -0.0993. The van der Waals surface area contributed by atoms with E-state index in [9.17, 15) is 23.1 Å². The van der Waals surface area contributed by atoms with E-state index in [1.807, 2.05) is 48.5 Å². The van der Waals surface area contributed by atoms with Crippen LogP contribution in [0.3, 0.4) is 0 Å². The molecule has 4 rings (SSSR count). The third-order valence-electron chi connectivity index (χ3n) is 5.44. The van der Waals surface area contributed by atoms with Crippen LogP contribution in [-0.4, -0.2) is 38.2 Å². The quantitative estimate of drug-likeness (QED) is 0.426. The van der Waals surface area contributed by atoms with Gasteiger partial charge in [0.1, 0.15) is 12.0 Å². The van der Waals surface area contributed by atoms with Gasteiger partial charge in [0.2, 0.25) is 0 Å². The van der Waals surface area contributed by atoms with Crippen LogP contribution in [0.15, 0.2) is 78.9 Å². The third kappa shape index (κ3) is 4.42. The van der Waals surface area contributed by atoms with E-state index >= 15 is 0 Å². The minimum absolute atomic E-state index is 0.0412. The third-order valence-corrected chi connectivity index (χ3v) is 6.97. The van der Waals surface area contributed by atoms with Crippen molar-refractivity contribution in [3.05, 3.63) is 95.6 Å². The molecule has 7 nitrogen and oxygen atoms in total. The zero-order chi connectivity index (χ0) is 22.7. The molecule has 1 heterocycles. The first-order valence-electron chi connectivity index (χ1n) is 10.1. The van der Waals surface area contributed by atoms with Gasteiger partial charge < -0.3 is 9.90 Å². The lowest BCUT2D eigenvalue weighted by Gasteiger charge is -2.20. The Hall–Kier alpha value is -3.49. The Balaban J connectivity index is 1.64. The van der Waals surface area contributed by atoms with Crippen LogP contribution in [0.1, 0.15) is 27.4 Å². The van der Waals surface area contributed by atoms with E-state index in [-0.39, 0.29) is 23.8 Å². The molecule has 3 aromatic rings. The molecule has 0 aromatic heterocycles. The van der Waals surface area contributed by atoms with Crippen molar-refractivity contribution in [2.24, 2.45) is 0 Å². The van der Waals surface area contributed by atoms with Crippen LogP contribution in [0, 0.1) is 0 Å². The van der Waals surface area contributed by atoms with E-state index in [0.717, 1.165) is 9.87 Å². The largest absolute Gasteiger partial charge is 0.506 e. The van der Waals surface area contributed by atoms with Gasteiger partial charge in [0.15, 0.2) is 5.78 Å². The van der Waals surface area contributed by atoms with Crippen molar-refractivity contribution in [3.8, 4) is 5.75 Å². The van der Waals surface area contributed by atoms with Crippen molar-refractivity contribution in [2.75, 3.05) is 10.8 Å². The number of carbonyl (C=O) groups is 2. The summed E-state index contributed by atoms with van der Waals surface area (Å²) in [4.78, 5) is 24.3. The molecule has 0 spiro atoms. The van der Waals surface area contributed by atoms with Gasteiger partial charge in [0, 0.05) is 5.56 Å². The number of rotatable bonds is 7. The Kier molecular flexibility index (Phi) is 6.07. The number of Topliss-reactive ketones (excluding diaryl/α,β-unsaturated/α-hetero) is 1. The van der Waals surface area contributed by atoms with E-state index in [0.29, 0.717) is 23.8 Å². The number of phenols is 1. The fourth-order valence-corrected chi connectivity index (χ4v) is 5.27. The summed E-state index contributed by atoms with van der Waals surface area (Å²) in [6.07, 6.45) is 0.843. The number of anilines is 1. The second kappa shape index (κ2) is 8.94. The number of hydrogen-bond donors (Lipinski definition) is 2. The second-order valence-electron chi connectivity index (χ2n) is 7.62. The first kappa shape index (κ1) is 21.7. The van der Waals surface area contributed by atoms with Crippen LogP contribution in [0.25, 0.3) is 0 Å². The van der Waals surface area contributed by atoms with Gasteiger partial charge >= 0.3 is 10.2 Å². The maximum atomic E-state index is 13.3. The van der Waals surface area contributed by atoms with Crippen LogP contribution >= 0.6 is 0 Å². The standard InChI is InChI=1S/C24H22N2O5S/c27-16-20-15-26(32(30,31)25-20)22-12-11-17(14-23(22)28)13-21(18-7-3-1-4-8-18)24(29)19-9-5-2-6-10-19/h1-12,14,16,20-21,25,28H,13,15H2. The molecule has 1 aliphatic rings. The highest BCUT2D eigenvalue weighted by Gasteiger charge is 2.36. The van der Waals surface area contributed by atoms with E-state index in [4.69, 9.17) is 0 Å². The topological polar surface area (TPSA) is 104 Å². The Morgan fingerprint density at radius 3 is 2.31 bits per heavy atom. The highest BCUT2D eigenvalue weighted by Crippen LogP contribution is 2.34. The molecule has 2 N–H and O–H groups in total. The first-order valence-corrected chi connectivity index (χ1v) is 11.5. The smallest absolute Gasteiger partial charge is 0.302 e. The van der Waals surface area contributed by atoms with Crippen molar-refractivity contribution >= 4 is 28.0 Å². The second-order valence-corrected chi connectivity index (χ2v) is 9.24. The van der Waals surface area contributed by atoms with Gasteiger partial charge in [0.05, 0.1) is 24.2 Å². The van der Waals surface area contributed by atoms with E-state index in [1.54, 1.807) is 18.2 Å². The van der Waals surface area contributed by atoms with Gasteiger partial charge in [-0.05, 0) is 29.7 Å². The predicted molar refractivity (Wildman–Crippen MR) is 121 cm³/mol. The highest BCUT2D eigenvalue weighted by molar-refractivity contribution is 7.91. The molecule has 0 saturated carbocycles. The van der Waals surface area contributed by atoms with Crippen LogP contribution in [0.4, 0.5) is 5.69 Å². The molecular weight excluding hydrogens is 428 g/mol. The normalized spacial score (nSPS) is 18.2. The van der Waals surface area contributed by atoms with Gasteiger partial charge in [-0.2, -0.15) is 13.1 Å². The van der Waals surface area contributed by atoms with Crippen LogP contribution in [0.2, 0.25) is 0 Å². The van der Waals surface area contributed by atoms with Crippen molar-refractivity contribution in [2.45, 2.75) is 18.4 Å². The zero-order valence-electron chi connectivity index (χ0n) is 17.1. The van der Waals surface area contributed by atoms with Gasteiger partial charge in [-0.25, -0.2) is 0 Å². The number of nitrogens with one attached hydrogen (secondary N) is 1. The Labute approximate surface area is 186 Å². The van der Waals surface area contributed by atoms with E-state index < -0.39 is 22.2 Å². The van der Waals surface area contributed by atoms with Crippen molar-refractivity contribution in [1.29, 1.82) is 0 Å². The molecule has 32 heavy (non-hydrogen) atoms. The molecule has 0 aliphatic carbocycles. The van der Waals surface area contributed by atoms with Crippen LogP contribution in [0.5, 0.6) is 5.75 Å². The fourth-order valence-electron chi connectivity index (χ4n) is 3.86. The molecule has 3 aromatic carbocycles. The van der Waals surface area contributed by atoms with Gasteiger partial charge in [-0.3, -0.25) is 9.10 Å². The molecule has 8 heteroatoms. The number of aromatic hydroxyl groups is 1. The average Bonchev–Trinajstić information content (AvgIpc) is 3.12. The Morgan fingerprint density at radius 2 is 1.72 bits per heavy atom. The van der Waals surface area contributed by atoms with E-state index in [1.165, 1.54) is 12.1 Å². The summed E-state index contributed by atoms with van der Waals surface area (Å²) in [6, 6.07) is 22.2. The van der Waals surface area contributed by atoms with Crippen LogP contribution in [-0.2, 0) is 21.4 Å². The van der Waals surface area contributed by atoms with Gasteiger partial charge in [-0.1, -0.05) is 66.7 Å². The maximum Gasteiger partial charge on any atom is 0.302 e. The zero-order valence-corrected chi connectivity index (χ0v) is 17.9. The number of hydrogen-bond acceptors (Lipinski definition) is 5. The van der Waals surface area contributed by atoms with Crippen molar-refractivity contribution in [3.63, 3.8) is 0 Å². The summed E-state index contributed by atoms with van der Waals surface area (Å²) in [7, 11) is -3.91. The summed E-state index contributed by atoms with van der Waals surface area (Å²) in [5, 5.41) is 10.6. The summed E-state index contributed by atoms with van der Waals surface area (Å²) in [5.74, 6) is -0.751. The molecule has 164 valence electrons. The SMILES string of the molecule is O=CC1CN(c2ccc(CC(C(=O)c3ccccc3)c3ccccc3)cc2O)S(=O)(=O)N1. The maximum absolute atomic E-state index is 13.3. The number of phenolic OH excluding ortho intramolecular Hbond substituents is 1. The summed E-state index contributed by atoms with van der Waals surface area (Å²) in [5.41, 5.74) is 2.21. The molecule has 1 saturated heterocycles. The molecule has 2 atom stereocenters. The number of aldehydes is 1. The molecule has 1 fully saturated rings. The monoisotopic (exact) mass is 450 g/mol. The van der Waals surface area contributed by atoms with Crippen molar-refractivity contribution in [1.82, 2.24) is 4.72 Å². The Bertz CT molecular complexity index is 1230. The highest BCUT2D eigenvalue weighted by atomic mass is 32.2. The lowest BCUT2D eigenvalue weighted by molar-refractivity contribution is -0.108. The molecular formula is C24H22N2O5S. The summed E-state index contributed by atoms with van der Waals surface area (Å²) < 4.78 is 27.8. The first-order chi connectivity index (χ1) is 15.4. The molecule has 1 aliphatic heterocycles. The molecule has 0 bridgehead atoms. The number of ketones is 1. The van der Waals surface area contributed by atoms with Gasteiger partial charge in [-0.15, -0.1) is 0 Å². The fraction of sp³-hybridized carbons (Fsp3) is 0.167. The van der Waals surface area contributed by atoms with E-state index in [2.05, 4.69) is 4.72 Å². The molecule has 0 radical (unpaired) electrons. The summed E-state index contributed by atoms with van der Waals surface area (Å²) >= 11 is 0. The minimum Gasteiger partial charge on any atom is -0.506 e.